The van der Waals surface area contributed by atoms with Crippen LogP contribution in [0.15, 0.2) is 30.3 Å². The normalized spacial score (nSPS) is 10.9. The lowest BCUT2D eigenvalue weighted by Gasteiger charge is -2.00. The van der Waals surface area contributed by atoms with Crippen LogP contribution in [0.2, 0.25) is 0 Å². The van der Waals surface area contributed by atoms with Crippen molar-refractivity contribution in [1.82, 2.24) is 5.32 Å². The van der Waals surface area contributed by atoms with Crippen molar-refractivity contribution in [2.24, 2.45) is 0 Å². The number of carbonyl (C=O) groups is 1. The Hall–Kier alpha value is -1.06. The molecule has 0 spiro atoms. The second-order valence-electron chi connectivity index (χ2n) is 3.80. The van der Waals surface area contributed by atoms with Crippen molar-refractivity contribution in [1.29, 1.82) is 0 Å². The lowest BCUT2D eigenvalue weighted by Crippen LogP contribution is -2.04. The quantitative estimate of drug-likeness (QED) is 0.786. The van der Waals surface area contributed by atoms with E-state index in [4.69, 9.17) is 0 Å². The first-order chi connectivity index (χ1) is 8.22. The Labute approximate surface area is 107 Å². The van der Waals surface area contributed by atoms with E-state index < -0.39 is 0 Å². The predicted octanol–water partition coefficient (Wildman–Crippen LogP) is 3.09. The number of nitrogens with one attached hydrogen (secondary N) is 1. The molecule has 3 heteroatoms. The summed E-state index contributed by atoms with van der Waals surface area (Å²) in [6, 6.07) is 8.48. The van der Waals surface area contributed by atoms with Crippen LogP contribution in [0.1, 0.15) is 24.5 Å². The number of allylic oxidation sites excluding steroid dienone is 1. The fraction of sp³-hybridized carbons (Fsp3) is 0.357. The van der Waals surface area contributed by atoms with E-state index in [1.807, 2.05) is 7.05 Å². The molecule has 0 saturated heterocycles. The Morgan fingerprint density at radius 2 is 2.06 bits per heavy atom. The van der Waals surface area contributed by atoms with Gasteiger partial charge in [-0.15, -0.1) is 0 Å². The summed E-state index contributed by atoms with van der Waals surface area (Å²) in [5.41, 5.74) is 2.49. The van der Waals surface area contributed by atoms with Gasteiger partial charge >= 0.3 is 0 Å². The first kappa shape index (κ1) is 14.0. The maximum atomic E-state index is 10.7. The van der Waals surface area contributed by atoms with Crippen LogP contribution in [0.3, 0.4) is 0 Å². The zero-order chi connectivity index (χ0) is 12.5. The molecular formula is C14H19NOS. The second kappa shape index (κ2) is 8.09. The van der Waals surface area contributed by atoms with Gasteiger partial charge in [-0.25, -0.2) is 0 Å². The molecule has 1 N–H and O–H groups in total. The predicted molar refractivity (Wildman–Crippen MR) is 76.0 cm³/mol. The number of benzene rings is 1. The van der Waals surface area contributed by atoms with Crippen LogP contribution in [0.4, 0.5) is 0 Å². The maximum absolute atomic E-state index is 10.7. The van der Waals surface area contributed by atoms with Gasteiger partial charge in [0.25, 0.3) is 0 Å². The molecule has 0 amide bonds. The van der Waals surface area contributed by atoms with Crippen molar-refractivity contribution in [2.75, 3.05) is 12.8 Å². The third-order valence-electron chi connectivity index (χ3n) is 2.26. The number of carbonyl (C=O) groups excluding carboxylic acids is 1. The van der Waals surface area contributed by atoms with Gasteiger partial charge < -0.3 is 5.32 Å². The van der Waals surface area contributed by atoms with Gasteiger partial charge in [0.05, 0.1) is 0 Å². The zero-order valence-corrected chi connectivity index (χ0v) is 11.2. The summed E-state index contributed by atoms with van der Waals surface area (Å²) in [5.74, 6) is 0.865. The van der Waals surface area contributed by atoms with E-state index in [2.05, 4.69) is 41.7 Å². The van der Waals surface area contributed by atoms with E-state index in [9.17, 15) is 4.79 Å². The minimum absolute atomic E-state index is 0.190. The highest BCUT2D eigenvalue weighted by Crippen LogP contribution is 2.08. The number of hydrogen-bond acceptors (Lipinski definition) is 3. The highest BCUT2D eigenvalue weighted by atomic mass is 32.2. The molecule has 0 aliphatic carbocycles. The minimum Gasteiger partial charge on any atom is -0.316 e. The summed E-state index contributed by atoms with van der Waals surface area (Å²) in [5, 5.41) is 3.31. The Balaban J connectivity index is 2.35. The summed E-state index contributed by atoms with van der Waals surface area (Å²) in [4.78, 5) is 10.7. The fourth-order valence-corrected chi connectivity index (χ4v) is 1.98. The summed E-state index contributed by atoms with van der Waals surface area (Å²) >= 11 is 1.38. The lowest BCUT2D eigenvalue weighted by atomic mass is 10.1. The zero-order valence-electron chi connectivity index (χ0n) is 10.4. The smallest absolute Gasteiger partial charge is 0.185 e. The van der Waals surface area contributed by atoms with Crippen molar-refractivity contribution >= 4 is 23.0 Å². The second-order valence-corrected chi connectivity index (χ2v) is 5.07. The first-order valence-electron chi connectivity index (χ1n) is 5.76. The van der Waals surface area contributed by atoms with E-state index in [0.717, 1.165) is 18.7 Å². The molecule has 0 unspecified atom stereocenters. The van der Waals surface area contributed by atoms with Crippen molar-refractivity contribution < 1.29 is 4.79 Å². The first-order valence-corrected chi connectivity index (χ1v) is 6.74. The molecule has 0 atom stereocenters. The van der Waals surface area contributed by atoms with Gasteiger partial charge in [0.2, 0.25) is 0 Å². The monoisotopic (exact) mass is 249 g/mol. The molecule has 1 aromatic rings. The molecule has 92 valence electrons. The molecule has 0 bridgehead atoms. The SMILES string of the molecule is CNCc1ccc(C=CCCSC(C)=O)cc1. The van der Waals surface area contributed by atoms with E-state index in [0.29, 0.717) is 0 Å². The molecule has 17 heavy (non-hydrogen) atoms. The van der Waals surface area contributed by atoms with Crippen LogP contribution < -0.4 is 5.32 Å². The third kappa shape index (κ3) is 6.29. The lowest BCUT2D eigenvalue weighted by molar-refractivity contribution is -0.109. The summed E-state index contributed by atoms with van der Waals surface area (Å²) < 4.78 is 0. The number of hydrogen-bond donors (Lipinski definition) is 1. The summed E-state index contributed by atoms with van der Waals surface area (Å²) in [6.07, 6.45) is 5.15. The van der Waals surface area contributed by atoms with Crippen LogP contribution in [0.5, 0.6) is 0 Å². The number of thioether (sulfide) groups is 1. The van der Waals surface area contributed by atoms with Gasteiger partial charge in [-0.3, -0.25) is 4.79 Å². The maximum Gasteiger partial charge on any atom is 0.185 e. The van der Waals surface area contributed by atoms with Crippen LogP contribution in [-0.2, 0) is 11.3 Å². The molecule has 0 aliphatic rings. The van der Waals surface area contributed by atoms with Crippen molar-refractivity contribution in [3.05, 3.63) is 41.5 Å². The molecule has 2 nitrogen and oxygen atoms in total. The Morgan fingerprint density at radius 3 is 2.65 bits per heavy atom. The summed E-state index contributed by atoms with van der Waals surface area (Å²) in [6.45, 7) is 2.51. The van der Waals surface area contributed by atoms with Gasteiger partial charge in [-0.1, -0.05) is 48.2 Å². The Bertz CT molecular complexity index is 370. The van der Waals surface area contributed by atoms with E-state index in [-0.39, 0.29) is 5.12 Å². The highest BCUT2D eigenvalue weighted by molar-refractivity contribution is 8.13. The van der Waals surface area contributed by atoms with Crippen molar-refractivity contribution in [3.8, 4) is 0 Å². The van der Waals surface area contributed by atoms with Gasteiger partial charge in [-0.2, -0.15) is 0 Å². The largest absolute Gasteiger partial charge is 0.316 e. The Morgan fingerprint density at radius 1 is 1.35 bits per heavy atom. The standard InChI is InChI=1S/C14H19NOS/c1-12(16)17-10-4-3-5-13-6-8-14(9-7-13)11-15-2/h3,5-9,15H,4,10-11H2,1-2H3. The minimum atomic E-state index is 0.190. The Kier molecular flexibility index (Phi) is 6.67. The van der Waals surface area contributed by atoms with E-state index in [1.54, 1.807) is 6.92 Å². The van der Waals surface area contributed by atoms with E-state index in [1.165, 1.54) is 22.9 Å². The molecule has 0 radical (unpaired) electrons. The average molecular weight is 249 g/mol. The van der Waals surface area contributed by atoms with Gasteiger partial charge in [0.15, 0.2) is 5.12 Å². The van der Waals surface area contributed by atoms with E-state index >= 15 is 0 Å². The average Bonchev–Trinajstić information content (AvgIpc) is 2.31. The number of rotatable bonds is 6. The summed E-state index contributed by atoms with van der Waals surface area (Å²) in [7, 11) is 1.94. The topological polar surface area (TPSA) is 29.1 Å². The van der Waals surface area contributed by atoms with Gasteiger partial charge in [0, 0.05) is 19.2 Å². The molecule has 1 rings (SSSR count). The van der Waals surface area contributed by atoms with Crippen molar-refractivity contribution in [2.45, 2.75) is 19.9 Å². The van der Waals surface area contributed by atoms with Crippen LogP contribution in [0.25, 0.3) is 6.08 Å². The van der Waals surface area contributed by atoms with Crippen LogP contribution >= 0.6 is 11.8 Å². The molecule has 0 fully saturated rings. The van der Waals surface area contributed by atoms with Crippen LogP contribution in [-0.4, -0.2) is 17.9 Å². The molecule has 0 saturated carbocycles. The molecule has 0 aromatic heterocycles. The van der Waals surface area contributed by atoms with Crippen molar-refractivity contribution in [3.63, 3.8) is 0 Å². The third-order valence-corrected chi connectivity index (χ3v) is 3.11. The fourth-order valence-electron chi connectivity index (χ4n) is 1.44. The highest BCUT2D eigenvalue weighted by Gasteiger charge is 1.92. The molecule has 1 aromatic carbocycles. The van der Waals surface area contributed by atoms with Gasteiger partial charge in [-0.05, 0) is 24.6 Å². The molecular weight excluding hydrogens is 230 g/mol. The van der Waals surface area contributed by atoms with Gasteiger partial charge in [0.1, 0.15) is 0 Å². The van der Waals surface area contributed by atoms with Crippen LogP contribution in [0, 0.1) is 0 Å². The molecule has 0 heterocycles. The molecule has 0 aliphatic heterocycles.